The van der Waals surface area contributed by atoms with E-state index < -0.39 is 11.6 Å². The summed E-state index contributed by atoms with van der Waals surface area (Å²) in [6, 6.07) is 3.38. The monoisotopic (exact) mass is 442 g/mol. The molecule has 0 radical (unpaired) electrons. The number of allylic oxidation sites excluding steroid dienone is 3. The van der Waals surface area contributed by atoms with Crippen molar-refractivity contribution >= 4 is 0 Å². The van der Waals surface area contributed by atoms with Crippen LogP contribution in [0.1, 0.15) is 89.5 Å². The fraction of sp³-hybridized carbons (Fsp3) is 0.655. The third-order valence-corrected chi connectivity index (χ3v) is 8.18. The van der Waals surface area contributed by atoms with Crippen molar-refractivity contribution < 1.29 is 13.5 Å². The molecule has 3 heteroatoms. The van der Waals surface area contributed by atoms with Gasteiger partial charge in [-0.1, -0.05) is 69.9 Å². The van der Waals surface area contributed by atoms with Crippen molar-refractivity contribution in [1.29, 1.82) is 0 Å². The summed E-state index contributed by atoms with van der Waals surface area (Å²) in [7, 11) is 0. The number of ether oxygens (including phenoxy) is 1. The van der Waals surface area contributed by atoms with Gasteiger partial charge < -0.3 is 4.74 Å². The second-order valence-electron chi connectivity index (χ2n) is 10.8. The zero-order valence-electron chi connectivity index (χ0n) is 19.9. The summed E-state index contributed by atoms with van der Waals surface area (Å²) in [6.07, 6.45) is 20.8. The Balaban J connectivity index is 1.27. The molecule has 0 aliphatic heterocycles. The van der Waals surface area contributed by atoms with Crippen molar-refractivity contribution in [3.63, 3.8) is 0 Å². The first-order chi connectivity index (χ1) is 15.5. The predicted molar refractivity (Wildman–Crippen MR) is 128 cm³/mol. The van der Waals surface area contributed by atoms with Gasteiger partial charge in [-0.2, -0.15) is 4.39 Å². The molecular formula is C29H40F2O. The number of hydrogen-bond acceptors (Lipinski definition) is 1. The molecule has 0 heterocycles. The van der Waals surface area contributed by atoms with Crippen LogP contribution < -0.4 is 4.74 Å². The van der Waals surface area contributed by atoms with Crippen LogP contribution in [0.5, 0.6) is 5.75 Å². The lowest BCUT2D eigenvalue weighted by Gasteiger charge is -2.27. The molecule has 0 bridgehead atoms. The molecule has 0 N–H and O–H groups in total. The zero-order chi connectivity index (χ0) is 22.5. The lowest BCUT2D eigenvalue weighted by atomic mass is 9.79. The molecule has 0 saturated heterocycles. The minimum Gasteiger partial charge on any atom is -0.490 e. The molecular weight excluding hydrogens is 402 g/mol. The van der Waals surface area contributed by atoms with Crippen molar-refractivity contribution in [1.82, 2.24) is 0 Å². The van der Waals surface area contributed by atoms with Crippen LogP contribution in [0.15, 0.2) is 36.4 Å². The highest BCUT2D eigenvalue weighted by molar-refractivity contribution is 5.33. The van der Waals surface area contributed by atoms with E-state index in [1.165, 1.54) is 25.7 Å². The van der Waals surface area contributed by atoms with Crippen LogP contribution in [0.25, 0.3) is 0 Å². The van der Waals surface area contributed by atoms with Crippen molar-refractivity contribution in [2.45, 2.75) is 84.0 Å². The quantitative estimate of drug-likeness (QED) is 0.401. The summed E-state index contributed by atoms with van der Waals surface area (Å²) in [5, 5.41) is 0. The van der Waals surface area contributed by atoms with Crippen molar-refractivity contribution in [2.75, 3.05) is 6.61 Å². The molecule has 4 rings (SSSR count). The maximum absolute atomic E-state index is 14.7. The van der Waals surface area contributed by atoms with Gasteiger partial charge in [-0.15, -0.1) is 0 Å². The number of halogens is 2. The van der Waals surface area contributed by atoms with E-state index in [9.17, 15) is 8.78 Å². The van der Waals surface area contributed by atoms with Crippen LogP contribution in [-0.2, 0) is 0 Å². The van der Waals surface area contributed by atoms with Crippen molar-refractivity contribution in [3.05, 3.63) is 53.6 Å². The Morgan fingerprint density at radius 1 is 0.781 bits per heavy atom. The average Bonchev–Trinajstić information content (AvgIpc) is 2.81. The van der Waals surface area contributed by atoms with Crippen LogP contribution in [0.3, 0.4) is 0 Å². The summed E-state index contributed by atoms with van der Waals surface area (Å²) in [4.78, 5) is 0. The molecule has 3 aliphatic carbocycles. The second kappa shape index (κ2) is 11.0. The summed E-state index contributed by atoms with van der Waals surface area (Å²) >= 11 is 0. The zero-order valence-corrected chi connectivity index (χ0v) is 19.9. The number of benzene rings is 1. The maximum Gasteiger partial charge on any atom is 0.200 e. The lowest BCUT2D eigenvalue weighted by molar-refractivity contribution is 0.244. The molecule has 32 heavy (non-hydrogen) atoms. The second-order valence-corrected chi connectivity index (χ2v) is 10.8. The summed E-state index contributed by atoms with van der Waals surface area (Å²) in [6.45, 7) is 5.00. The molecule has 1 aromatic carbocycles. The van der Waals surface area contributed by atoms with E-state index in [0.717, 1.165) is 50.4 Å². The predicted octanol–water partition coefficient (Wildman–Crippen LogP) is 8.60. The van der Waals surface area contributed by atoms with Gasteiger partial charge >= 0.3 is 0 Å². The van der Waals surface area contributed by atoms with Crippen LogP contribution in [0, 0.1) is 41.2 Å². The largest absolute Gasteiger partial charge is 0.490 e. The average molecular weight is 443 g/mol. The van der Waals surface area contributed by atoms with Gasteiger partial charge in [0.25, 0.3) is 0 Å². The fourth-order valence-corrected chi connectivity index (χ4v) is 5.72. The van der Waals surface area contributed by atoms with Gasteiger partial charge in [-0.25, -0.2) is 4.39 Å². The first-order valence-corrected chi connectivity index (χ1v) is 13.0. The van der Waals surface area contributed by atoms with Crippen molar-refractivity contribution in [3.8, 4) is 5.75 Å². The smallest absolute Gasteiger partial charge is 0.200 e. The molecule has 176 valence electrons. The van der Waals surface area contributed by atoms with Gasteiger partial charge in [0.15, 0.2) is 11.6 Å². The highest BCUT2D eigenvalue weighted by Gasteiger charge is 2.25. The molecule has 1 aromatic rings. The van der Waals surface area contributed by atoms with E-state index in [-0.39, 0.29) is 17.6 Å². The molecule has 3 aliphatic rings. The van der Waals surface area contributed by atoms with Crippen LogP contribution in [-0.4, -0.2) is 6.61 Å². The summed E-state index contributed by atoms with van der Waals surface area (Å²) in [5.41, 5.74) is 0.529. The molecule has 2 saturated carbocycles. The van der Waals surface area contributed by atoms with Gasteiger partial charge in [0.2, 0.25) is 5.82 Å². The van der Waals surface area contributed by atoms with Gasteiger partial charge in [0.1, 0.15) is 0 Å². The maximum atomic E-state index is 14.7. The molecule has 1 nitrogen and oxygen atoms in total. The minimum atomic E-state index is -0.816. The van der Waals surface area contributed by atoms with E-state index in [1.807, 2.05) is 0 Å². The SMILES string of the molecule is CC1CCC(/C=C/C2C=CC(COc3ccc(C4CCC(C)CC4)c(F)c3F)CC2)CC1. The molecule has 2 unspecified atom stereocenters. The Labute approximate surface area is 193 Å². The molecule has 0 spiro atoms. The van der Waals surface area contributed by atoms with E-state index in [2.05, 4.69) is 38.2 Å². The van der Waals surface area contributed by atoms with E-state index in [1.54, 1.807) is 12.1 Å². The molecule has 2 atom stereocenters. The number of hydrogen-bond donors (Lipinski definition) is 0. The third-order valence-electron chi connectivity index (χ3n) is 8.18. The standard InChI is InChI=1S/C29H40F2O/c1-20-3-7-22(8-4-20)9-10-23-11-13-24(14-12-23)19-32-27-18-17-26(28(30)29(27)31)25-15-5-21(2)6-16-25/h9-11,13,17-18,20-25H,3-8,12,14-16,19H2,1-2H3/b10-9+. The van der Waals surface area contributed by atoms with E-state index in [0.29, 0.717) is 24.0 Å². The first kappa shape index (κ1) is 23.5. The van der Waals surface area contributed by atoms with Gasteiger partial charge in [0, 0.05) is 5.92 Å². The third kappa shape index (κ3) is 6.02. The van der Waals surface area contributed by atoms with Crippen LogP contribution >= 0.6 is 0 Å². The van der Waals surface area contributed by atoms with Crippen LogP contribution in [0.4, 0.5) is 8.78 Å². The van der Waals surface area contributed by atoms with Gasteiger partial charge in [-0.05, 0) is 79.7 Å². The topological polar surface area (TPSA) is 9.23 Å². The van der Waals surface area contributed by atoms with E-state index >= 15 is 0 Å². The lowest BCUT2D eigenvalue weighted by Crippen LogP contribution is -2.16. The normalized spacial score (nSPS) is 33.5. The van der Waals surface area contributed by atoms with Gasteiger partial charge in [-0.3, -0.25) is 0 Å². The first-order valence-electron chi connectivity index (χ1n) is 13.0. The fourth-order valence-electron chi connectivity index (χ4n) is 5.72. The Kier molecular flexibility index (Phi) is 8.07. The van der Waals surface area contributed by atoms with Gasteiger partial charge in [0.05, 0.1) is 6.61 Å². The van der Waals surface area contributed by atoms with Crippen molar-refractivity contribution in [2.24, 2.45) is 29.6 Å². The summed E-state index contributed by atoms with van der Waals surface area (Å²) in [5.74, 6) is 1.76. The minimum absolute atomic E-state index is 0.0531. The van der Waals surface area contributed by atoms with E-state index in [4.69, 9.17) is 4.74 Å². The van der Waals surface area contributed by atoms with Crippen LogP contribution in [0.2, 0.25) is 0 Å². The molecule has 0 aromatic heterocycles. The Morgan fingerprint density at radius 3 is 2.12 bits per heavy atom. The Bertz CT molecular complexity index is 798. The number of rotatable bonds is 6. The summed E-state index contributed by atoms with van der Waals surface area (Å²) < 4.78 is 35.2. The molecule has 2 fully saturated rings. The highest BCUT2D eigenvalue weighted by atomic mass is 19.2. The highest BCUT2D eigenvalue weighted by Crippen LogP contribution is 2.38. The Morgan fingerprint density at radius 2 is 1.47 bits per heavy atom. The molecule has 0 amide bonds. The Hall–Kier alpha value is -1.64.